The fourth-order valence-electron chi connectivity index (χ4n) is 2.51. The number of esters is 1. The Bertz CT molecular complexity index is 848. The second-order valence-corrected chi connectivity index (χ2v) is 5.80. The normalized spacial score (nSPS) is 10.2. The second kappa shape index (κ2) is 8.72. The monoisotopic (exact) mass is 347 g/mol. The van der Waals surface area contributed by atoms with Gasteiger partial charge in [-0.1, -0.05) is 60.7 Å². The SMILES string of the molecule is CNc1ccc(OCc2ccccc2)c(C(=O)OCc2ccccc2)c1. The van der Waals surface area contributed by atoms with Gasteiger partial charge in [0, 0.05) is 12.7 Å². The van der Waals surface area contributed by atoms with Crippen LogP contribution in [0.5, 0.6) is 5.75 Å². The van der Waals surface area contributed by atoms with Crippen LogP contribution in [-0.4, -0.2) is 13.0 Å². The number of benzene rings is 3. The van der Waals surface area contributed by atoms with E-state index in [1.54, 1.807) is 19.2 Å². The number of carbonyl (C=O) groups excluding carboxylic acids is 1. The van der Waals surface area contributed by atoms with Crippen molar-refractivity contribution in [3.05, 3.63) is 95.6 Å². The standard InChI is InChI=1S/C22H21NO3/c1-23-19-12-13-21(25-15-17-8-4-2-5-9-17)20(14-19)22(24)26-16-18-10-6-3-7-11-18/h2-14,23H,15-16H2,1H3. The van der Waals surface area contributed by atoms with Gasteiger partial charge in [-0.25, -0.2) is 4.79 Å². The lowest BCUT2D eigenvalue weighted by molar-refractivity contribution is 0.0467. The molecule has 4 heteroatoms. The van der Waals surface area contributed by atoms with Gasteiger partial charge in [0.2, 0.25) is 0 Å². The molecule has 0 saturated heterocycles. The first kappa shape index (κ1) is 17.5. The molecule has 0 heterocycles. The van der Waals surface area contributed by atoms with Crippen LogP contribution in [0, 0.1) is 0 Å². The van der Waals surface area contributed by atoms with E-state index in [0.29, 0.717) is 17.9 Å². The van der Waals surface area contributed by atoms with Crippen LogP contribution >= 0.6 is 0 Å². The highest BCUT2D eigenvalue weighted by Gasteiger charge is 2.15. The van der Waals surface area contributed by atoms with E-state index in [4.69, 9.17) is 9.47 Å². The summed E-state index contributed by atoms with van der Waals surface area (Å²) in [5.74, 6) is 0.0972. The summed E-state index contributed by atoms with van der Waals surface area (Å²) >= 11 is 0. The van der Waals surface area contributed by atoms with Crippen molar-refractivity contribution in [1.29, 1.82) is 0 Å². The van der Waals surface area contributed by atoms with Crippen LogP contribution in [0.15, 0.2) is 78.9 Å². The number of rotatable bonds is 7. The molecule has 26 heavy (non-hydrogen) atoms. The minimum Gasteiger partial charge on any atom is -0.488 e. The first-order chi connectivity index (χ1) is 12.8. The minimum absolute atomic E-state index is 0.224. The Hall–Kier alpha value is -3.27. The number of hydrogen-bond donors (Lipinski definition) is 1. The first-order valence-electron chi connectivity index (χ1n) is 8.46. The molecule has 4 nitrogen and oxygen atoms in total. The Kier molecular flexibility index (Phi) is 5.88. The van der Waals surface area contributed by atoms with Gasteiger partial charge in [0.25, 0.3) is 0 Å². The summed E-state index contributed by atoms with van der Waals surface area (Å²) in [7, 11) is 1.80. The zero-order valence-electron chi connectivity index (χ0n) is 14.6. The Morgan fingerprint density at radius 2 is 1.46 bits per heavy atom. The number of nitrogens with one attached hydrogen (secondary N) is 1. The molecule has 0 aliphatic carbocycles. The molecule has 0 radical (unpaired) electrons. The molecule has 0 aliphatic heterocycles. The Morgan fingerprint density at radius 1 is 0.846 bits per heavy atom. The van der Waals surface area contributed by atoms with E-state index < -0.39 is 5.97 Å². The molecule has 132 valence electrons. The molecule has 0 atom stereocenters. The molecule has 3 aromatic carbocycles. The average molecular weight is 347 g/mol. The molecule has 0 amide bonds. The van der Waals surface area contributed by atoms with Crippen LogP contribution in [0.3, 0.4) is 0 Å². The number of hydrogen-bond acceptors (Lipinski definition) is 4. The lowest BCUT2D eigenvalue weighted by Crippen LogP contribution is -2.09. The quantitative estimate of drug-likeness (QED) is 0.631. The molecule has 3 aromatic rings. The molecule has 0 saturated carbocycles. The Balaban J connectivity index is 1.73. The van der Waals surface area contributed by atoms with Crippen LogP contribution in [0.25, 0.3) is 0 Å². The average Bonchev–Trinajstić information content (AvgIpc) is 2.72. The van der Waals surface area contributed by atoms with E-state index in [1.807, 2.05) is 66.7 Å². The van der Waals surface area contributed by atoms with Gasteiger partial charge >= 0.3 is 5.97 Å². The third kappa shape index (κ3) is 4.63. The summed E-state index contributed by atoms with van der Waals surface area (Å²) in [6.45, 7) is 0.611. The zero-order valence-corrected chi connectivity index (χ0v) is 14.6. The largest absolute Gasteiger partial charge is 0.488 e. The molecular formula is C22H21NO3. The predicted molar refractivity (Wildman–Crippen MR) is 102 cm³/mol. The third-order valence-electron chi connectivity index (χ3n) is 3.94. The summed E-state index contributed by atoms with van der Waals surface area (Å²) in [6, 6.07) is 24.8. The highest BCUT2D eigenvalue weighted by Crippen LogP contribution is 2.25. The Morgan fingerprint density at radius 3 is 2.08 bits per heavy atom. The molecule has 0 bridgehead atoms. The smallest absolute Gasteiger partial charge is 0.342 e. The van der Waals surface area contributed by atoms with E-state index in [0.717, 1.165) is 16.8 Å². The predicted octanol–water partition coefficient (Wildman–Crippen LogP) is 4.66. The van der Waals surface area contributed by atoms with E-state index >= 15 is 0 Å². The fraction of sp³-hybridized carbons (Fsp3) is 0.136. The van der Waals surface area contributed by atoms with Gasteiger partial charge < -0.3 is 14.8 Å². The maximum atomic E-state index is 12.6. The molecule has 0 spiro atoms. The maximum absolute atomic E-state index is 12.6. The summed E-state index contributed by atoms with van der Waals surface area (Å²) in [5, 5.41) is 3.03. The van der Waals surface area contributed by atoms with Crippen LogP contribution in [0.2, 0.25) is 0 Å². The molecule has 0 aliphatic rings. The highest BCUT2D eigenvalue weighted by molar-refractivity contribution is 5.93. The van der Waals surface area contributed by atoms with Gasteiger partial charge in [0.15, 0.2) is 0 Å². The minimum atomic E-state index is -0.408. The lowest BCUT2D eigenvalue weighted by Gasteiger charge is -2.13. The van der Waals surface area contributed by atoms with Gasteiger partial charge in [-0.05, 0) is 29.3 Å². The summed E-state index contributed by atoms with van der Waals surface area (Å²) < 4.78 is 11.3. The van der Waals surface area contributed by atoms with E-state index in [1.165, 1.54) is 0 Å². The Labute approximate surface area is 153 Å². The van der Waals surface area contributed by atoms with E-state index in [9.17, 15) is 4.79 Å². The lowest BCUT2D eigenvalue weighted by atomic mass is 10.1. The first-order valence-corrected chi connectivity index (χ1v) is 8.46. The molecule has 0 aromatic heterocycles. The summed E-state index contributed by atoms with van der Waals surface area (Å²) in [6.07, 6.45) is 0. The van der Waals surface area contributed by atoms with Gasteiger partial charge in [0.1, 0.15) is 24.5 Å². The van der Waals surface area contributed by atoms with Gasteiger partial charge in [-0.2, -0.15) is 0 Å². The van der Waals surface area contributed by atoms with Crippen molar-refractivity contribution in [1.82, 2.24) is 0 Å². The van der Waals surface area contributed by atoms with Crippen LogP contribution in [-0.2, 0) is 18.0 Å². The van der Waals surface area contributed by atoms with Crippen molar-refractivity contribution in [2.75, 3.05) is 12.4 Å². The molecule has 3 rings (SSSR count). The van der Waals surface area contributed by atoms with Gasteiger partial charge in [-0.15, -0.1) is 0 Å². The second-order valence-electron chi connectivity index (χ2n) is 5.80. The van der Waals surface area contributed by atoms with Crippen molar-refractivity contribution in [2.24, 2.45) is 0 Å². The van der Waals surface area contributed by atoms with Crippen LogP contribution in [0.1, 0.15) is 21.5 Å². The molecule has 1 N–H and O–H groups in total. The van der Waals surface area contributed by atoms with Crippen molar-refractivity contribution in [3.8, 4) is 5.75 Å². The van der Waals surface area contributed by atoms with Crippen molar-refractivity contribution >= 4 is 11.7 Å². The zero-order chi connectivity index (χ0) is 18.2. The highest BCUT2D eigenvalue weighted by atomic mass is 16.5. The summed E-state index contributed by atoms with van der Waals surface area (Å²) in [5.41, 5.74) is 3.21. The van der Waals surface area contributed by atoms with Gasteiger partial charge in [-0.3, -0.25) is 0 Å². The number of ether oxygens (including phenoxy) is 2. The number of carbonyl (C=O) groups is 1. The van der Waals surface area contributed by atoms with Crippen molar-refractivity contribution < 1.29 is 14.3 Å². The maximum Gasteiger partial charge on any atom is 0.342 e. The number of anilines is 1. The summed E-state index contributed by atoms with van der Waals surface area (Å²) in [4.78, 5) is 12.6. The van der Waals surface area contributed by atoms with E-state index in [-0.39, 0.29) is 6.61 Å². The van der Waals surface area contributed by atoms with Gasteiger partial charge in [0.05, 0.1) is 0 Å². The van der Waals surface area contributed by atoms with Crippen LogP contribution in [0.4, 0.5) is 5.69 Å². The van der Waals surface area contributed by atoms with Crippen molar-refractivity contribution in [3.63, 3.8) is 0 Å². The fourth-order valence-corrected chi connectivity index (χ4v) is 2.51. The molecule has 0 unspecified atom stereocenters. The van der Waals surface area contributed by atoms with Crippen molar-refractivity contribution in [2.45, 2.75) is 13.2 Å². The molecular weight excluding hydrogens is 326 g/mol. The third-order valence-corrected chi connectivity index (χ3v) is 3.94. The van der Waals surface area contributed by atoms with E-state index in [2.05, 4.69) is 5.32 Å². The topological polar surface area (TPSA) is 47.6 Å². The molecule has 0 fully saturated rings. The van der Waals surface area contributed by atoms with Crippen LogP contribution < -0.4 is 10.1 Å².